The van der Waals surface area contributed by atoms with Crippen molar-refractivity contribution in [3.63, 3.8) is 0 Å². The van der Waals surface area contributed by atoms with Gasteiger partial charge < -0.3 is 20.9 Å². The number of carbonyl (C=O) groups excluding carboxylic acids is 2. The molecule has 1 fully saturated rings. The monoisotopic (exact) mass is 565 g/mol. The molecule has 4 aliphatic rings. The van der Waals surface area contributed by atoms with Gasteiger partial charge in [-0.15, -0.1) is 11.3 Å². The van der Waals surface area contributed by atoms with Gasteiger partial charge in [0.15, 0.2) is 5.01 Å². The van der Waals surface area contributed by atoms with E-state index in [1.54, 1.807) is 0 Å². The third kappa shape index (κ3) is 6.27. The summed E-state index contributed by atoms with van der Waals surface area (Å²) in [4.78, 5) is 34.3. The van der Waals surface area contributed by atoms with Crippen LogP contribution >= 0.6 is 22.9 Å². The summed E-state index contributed by atoms with van der Waals surface area (Å²) in [6, 6.07) is -0.744. The first kappa shape index (κ1) is 26.4. The van der Waals surface area contributed by atoms with Crippen LogP contribution in [0.5, 0.6) is 0 Å². The number of halogens is 1. The highest BCUT2D eigenvalue weighted by Gasteiger charge is 2.36. The third-order valence-electron chi connectivity index (χ3n) is 7.40. The van der Waals surface area contributed by atoms with Gasteiger partial charge in [0.2, 0.25) is 0 Å². The second-order valence-corrected chi connectivity index (χ2v) is 14.3. The Labute approximate surface area is 226 Å². The van der Waals surface area contributed by atoms with Crippen molar-refractivity contribution < 1.29 is 18.0 Å². The smallest absolute Gasteiger partial charge is 0.280 e. The lowest BCUT2D eigenvalue weighted by Crippen LogP contribution is -2.55. The van der Waals surface area contributed by atoms with E-state index in [0.29, 0.717) is 35.0 Å². The molecule has 0 aromatic carbocycles. The first-order chi connectivity index (χ1) is 17.5. The number of rotatable bonds is 6. The van der Waals surface area contributed by atoms with E-state index in [9.17, 15) is 18.0 Å². The Morgan fingerprint density at radius 3 is 2.78 bits per heavy atom. The molecule has 0 spiro atoms. The van der Waals surface area contributed by atoms with E-state index in [0.717, 1.165) is 30.1 Å². The van der Waals surface area contributed by atoms with Crippen molar-refractivity contribution >= 4 is 44.6 Å². The van der Waals surface area contributed by atoms with Crippen molar-refractivity contribution in [1.29, 1.82) is 0 Å². The summed E-state index contributed by atoms with van der Waals surface area (Å²) >= 11 is 7.51. The molecule has 37 heavy (non-hydrogen) atoms. The molecule has 2 unspecified atom stereocenters. The molecule has 1 aromatic heterocycles. The largest absolute Gasteiger partial charge is 0.374 e. The van der Waals surface area contributed by atoms with E-state index in [1.807, 2.05) is 31.4 Å². The van der Waals surface area contributed by atoms with Crippen LogP contribution in [0.4, 0.5) is 0 Å². The predicted octanol–water partition coefficient (Wildman–Crippen LogP) is 1.72. The average Bonchev–Trinajstić information content (AvgIpc) is 3.43. The van der Waals surface area contributed by atoms with Gasteiger partial charge in [-0.25, -0.2) is 13.4 Å². The fourth-order valence-electron chi connectivity index (χ4n) is 5.59. The zero-order valence-electron chi connectivity index (χ0n) is 20.9. The van der Waals surface area contributed by atoms with Crippen molar-refractivity contribution in [3.8, 4) is 0 Å². The Balaban J connectivity index is 1.29. The van der Waals surface area contributed by atoms with Crippen LogP contribution < -0.4 is 16.0 Å². The van der Waals surface area contributed by atoms with Gasteiger partial charge in [-0.2, -0.15) is 0 Å². The Kier molecular flexibility index (Phi) is 7.50. The molecule has 12 heteroatoms. The quantitative estimate of drug-likeness (QED) is 0.480. The highest BCUT2D eigenvalue weighted by Crippen LogP contribution is 2.30. The third-order valence-corrected chi connectivity index (χ3v) is 9.81. The lowest BCUT2D eigenvalue weighted by atomic mass is 9.83. The second kappa shape index (κ2) is 10.5. The number of amides is 2. The number of hydrogen-bond donors (Lipinski definition) is 3. The number of thiazole rings is 1. The lowest BCUT2D eigenvalue weighted by Gasteiger charge is -2.36. The summed E-state index contributed by atoms with van der Waals surface area (Å²) in [5, 5.41) is 10.5. The topological polar surface area (TPSA) is 120 Å². The van der Waals surface area contributed by atoms with Gasteiger partial charge in [-0.3, -0.25) is 9.59 Å². The molecule has 9 nitrogen and oxygen atoms in total. The van der Waals surface area contributed by atoms with Gasteiger partial charge in [0.25, 0.3) is 11.8 Å². The highest BCUT2D eigenvalue weighted by molar-refractivity contribution is 7.90. The SMILES string of the molecule is CN1CCc2nc(C(=O)N[C@@H]3C[C@@H](CS(C)(=O)=O)CC[C@@H]3NC(=O)C3=CC4C=C(Cl)C=CC4N3)sc2C1. The van der Waals surface area contributed by atoms with Crippen LogP contribution in [-0.4, -0.2) is 73.8 Å². The number of likely N-dealkylation sites (N-methyl/N-ethyl adjacent to an activating group) is 1. The molecule has 5 atom stereocenters. The van der Waals surface area contributed by atoms with Crippen LogP contribution in [-0.2, 0) is 27.6 Å². The van der Waals surface area contributed by atoms with Crippen LogP contribution in [0, 0.1) is 11.8 Å². The van der Waals surface area contributed by atoms with Gasteiger partial charge in [0.05, 0.1) is 23.2 Å². The fraction of sp³-hybridized carbons (Fsp3) is 0.560. The number of nitrogens with one attached hydrogen (secondary N) is 3. The van der Waals surface area contributed by atoms with Gasteiger partial charge >= 0.3 is 0 Å². The summed E-state index contributed by atoms with van der Waals surface area (Å²) in [7, 11) is -1.12. The zero-order valence-corrected chi connectivity index (χ0v) is 23.3. The first-order valence-corrected chi connectivity index (χ1v) is 15.8. The molecule has 2 amide bonds. The molecule has 0 radical (unpaired) electrons. The van der Waals surface area contributed by atoms with E-state index in [1.165, 1.54) is 17.6 Å². The number of allylic oxidation sites excluding steroid dienone is 2. The van der Waals surface area contributed by atoms with Gasteiger partial charge in [0, 0.05) is 53.7 Å². The fourth-order valence-corrected chi connectivity index (χ4v) is 8.06. The number of carbonyl (C=O) groups is 2. The van der Waals surface area contributed by atoms with Crippen LogP contribution in [0.25, 0.3) is 0 Å². The van der Waals surface area contributed by atoms with Crippen molar-refractivity contribution in [1.82, 2.24) is 25.8 Å². The molecular weight excluding hydrogens is 534 g/mol. The standard InChI is InChI=1S/C25H32ClN5O4S2/c1-31-8-7-19-22(12-31)36-25(30-19)24(33)29-20-9-14(13-37(2,34)35)3-5-18(20)28-23(32)21-11-15-10-16(26)4-6-17(15)27-21/h4,6,10-11,14-15,17-18,20,27H,3,5,7-9,12-13H2,1-2H3,(H,28,32)(H,29,33)/t14-,15?,17?,18-,20+/m0/s1. The second-order valence-electron chi connectivity index (χ2n) is 10.5. The summed E-state index contributed by atoms with van der Waals surface area (Å²) in [6.45, 7) is 1.68. The number of hydrogen-bond acceptors (Lipinski definition) is 8. The van der Waals surface area contributed by atoms with Crippen LogP contribution in [0.2, 0.25) is 0 Å². The van der Waals surface area contributed by atoms with Gasteiger partial charge in [-0.1, -0.05) is 23.8 Å². The van der Waals surface area contributed by atoms with Crippen molar-refractivity contribution in [2.75, 3.05) is 25.6 Å². The maximum absolute atomic E-state index is 13.2. The highest BCUT2D eigenvalue weighted by atomic mass is 35.5. The molecule has 1 saturated carbocycles. The number of aromatic nitrogens is 1. The molecule has 200 valence electrons. The Morgan fingerprint density at radius 1 is 1.22 bits per heavy atom. The Morgan fingerprint density at radius 2 is 2.00 bits per heavy atom. The number of sulfone groups is 1. The van der Waals surface area contributed by atoms with Crippen molar-refractivity contribution in [2.24, 2.45) is 11.8 Å². The Bertz CT molecular complexity index is 1290. The van der Waals surface area contributed by atoms with Gasteiger partial charge in [0.1, 0.15) is 9.84 Å². The molecule has 5 rings (SSSR count). The summed E-state index contributed by atoms with van der Waals surface area (Å²) in [5.41, 5.74) is 1.45. The predicted molar refractivity (Wildman–Crippen MR) is 144 cm³/mol. The minimum atomic E-state index is -3.16. The van der Waals surface area contributed by atoms with Crippen LogP contribution in [0.15, 0.2) is 35.0 Å². The summed E-state index contributed by atoms with van der Waals surface area (Å²) in [5.74, 6) is -0.538. The molecule has 3 N–H and O–H groups in total. The Hall–Kier alpha value is -2.21. The maximum atomic E-state index is 13.2. The number of nitrogens with zero attached hydrogens (tertiary/aromatic N) is 2. The van der Waals surface area contributed by atoms with E-state index in [-0.39, 0.29) is 41.5 Å². The molecule has 3 heterocycles. The molecule has 1 aromatic rings. The molecule has 2 aliphatic carbocycles. The summed E-state index contributed by atoms with van der Waals surface area (Å²) in [6.07, 6.45) is 11.3. The minimum absolute atomic E-state index is 0.00854. The van der Waals surface area contributed by atoms with Crippen LogP contribution in [0.1, 0.15) is 39.6 Å². The van der Waals surface area contributed by atoms with Crippen LogP contribution in [0.3, 0.4) is 0 Å². The summed E-state index contributed by atoms with van der Waals surface area (Å²) < 4.78 is 23.9. The van der Waals surface area contributed by atoms with E-state index in [2.05, 4.69) is 25.8 Å². The molecule has 2 aliphatic heterocycles. The molecule has 0 saturated heterocycles. The van der Waals surface area contributed by atoms with E-state index < -0.39 is 15.9 Å². The minimum Gasteiger partial charge on any atom is -0.374 e. The van der Waals surface area contributed by atoms with E-state index in [4.69, 9.17) is 11.6 Å². The maximum Gasteiger partial charge on any atom is 0.280 e. The zero-order chi connectivity index (χ0) is 26.3. The molecule has 0 bridgehead atoms. The number of fused-ring (bicyclic) bond motifs is 2. The normalized spacial score (nSPS) is 29.4. The van der Waals surface area contributed by atoms with E-state index >= 15 is 0 Å². The van der Waals surface area contributed by atoms with Crippen molar-refractivity contribution in [2.45, 2.75) is 50.4 Å². The molecular formula is C25H32ClN5O4S2. The van der Waals surface area contributed by atoms with Crippen molar-refractivity contribution in [3.05, 3.63) is 50.6 Å². The average molecular weight is 566 g/mol. The lowest BCUT2D eigenvalue weighted by molar-refractivity contribution is -0.119. The van der Waals surface area contributed by atoms with Gasteiger partial charge in [-0.05, 0) is 44.4 Å². The first-order valence-electron chi connectivity index (χ1n) is 12.5.